The van der Waals surface area contributed by atoms with Crippen LogP contribution >= 0.6 is 0 Å². The molecule has 0 radical (unpaired) electrons. The molecule has 2 aromatic carbocycles. The molecule has 0 atom stereocenters. The van der Waals surface area contributed by atoms with Gasteiger partial charge in [0.05, 0.1) is 17.0 Å². The first-order valence-corrected chi connectivity index (χ1v) is 8.84. The number of nitrogens with two attached hydrogens (primary N) is 1. The maximum Gasteiger partial charge on any atom is 0.365 e. The van der Waals surface area contributed by atoms with Crippen molar-refractivity contribution in [2.24, 2.45) is 10.9 Å². The molecular formula is C20H18FN5O4. The molecule has 1 heterocycles. The van der Waals surface area contributed by atoms with Crippen LogP contribution in [0.3, 0.4) is 0 Å². The van der Waals surface area contributed by atoms with Crippen molar-refractivity contribution >= 4 is 17.5 Å². The van der Waals surface area contributed by atoms with Crippen molar-refractivity contribution in [2.45, 2.75) is 20.4 Å². The smallest absolute Gasteiger partial charge is 0.365 e. The van der Waals surface area contributed by atoms with Gasteiger partial charge in [0.15, 0.2) is 5.84 Å². The van der Waals surface area contributed by atoms with Gasteiger partial charge in [-0.3, -0.25) is 14.8 Å². The summed E-state index contributed by atoms with van der Waals surface area (Å²) >= 11 is 0. The number of hydrogen-bond donors (Lipinski definition) is 1. The zero-order valence-corrected chi connectivity index (χ0v) is 16.2. The van der Waals surface area contributed by atoms with Crippen molar-refractivity contribution in [3.05, 3.63) is 92.5 Å². The Morgan fingerprint density at radius 3 is 2.57 bits per heavy atom. The monoisotopic (exact) mass is 411 g/mol. The first kappa shape index (κ1) is 20.6. The molecule has 3 aromatic rings. The quantitative estimate of drug-likeness (QED) is 0.218. The van der Waals surface area contributed by atoms with Gasteiger partial charge in [0.25, 0.3) is 0 Å². The van der Waals surface area contributed by atoms with Gasteiger partial charge in [-0.15, -0.1) is 0 Å². The maximum absolute atomic E-state index is 13.0. The summed E-state index contributed by atoms with van der Waals surface area (Å²) in [6.45, 7) is 3.42. The Morgan fingerprint density at radius 1 is 1.23 bits per heavy atom. The second-order valence-electron chi connectivity index (χ2n) is 6.50. The van der Waals surface area contributed by atoms with Crippen LogP contribution in [0.2, 0.25) is 0 Å². The summed E-state index contributed by atoms with van der Waals surface area (Å²) in [4.78, 5) is 27.9. The predicted octanol–water partition coefficient (Wildman–Crippen LogP) is 3.07. The van der Waals surface area contributed by atoms with E-state index in [1.165, 1.54) is 28.9 Å². The Hall–Kier alpha value is -4.08. The molecule has 0 spiro atoms. The zero-order valence-electron chi connectivity index (χ0n) is 16.2. The lowest BCUT2D eigenvalue weighted by molar-refractivity contribution is -0.386. The molecule has 0 fully saturated rings. The number of rotatable bonds is 6. The summed E-state index contributed by atoms with van der Waals surface area (Å²) in [6, 6.07) is 11.8. The number of carbonyl (C=O) groups is 1. The normalized spacial score (nSPS) is 11.4. The molecule has 10 heteroatoms. The number of aromatic nitrogens is 2. The maximum atomic E-state index is 13.0. The Balaban J connectivity index is 1.74. The summed E-state index contributed by atoms with van der Waals surface area (Å²) in [6.07, 6.45) is 0. The third-order valence-electron chi connectivity index (χ3n) is 4.39. The van der Waals surface area contributed by atoms with Gasteiger partial charge in [0.1, 0.15) is 17.2 Å². The van der Waals surface area contributed by atoms with E-state index in [9.17, 15) is 19.3 Å². The van der Waals surface area contributed by atoms with Crippen LogP contribution in [0.25, 0.3) is 0 Å². The summed E-state index contributed by atoms with van der Waals surface area (Å²) in [7, 11) is 0. The summed E-state index contributed by atoms with van der Waals surface area (Å²) in [5.41, 5.74) is 7.77. The van der Waals surface area contributed by atoms with Crippen molar-refractivity contribution in [3.63, 3.8) is 0 Å². The van der Waals surface area contributed by atoms with Crippen LogP contribution in [0.5, 0.6) is 0 Å². The van der Waals surface area contributed by atoms with E-state index in [-0.39, 0.29) is 23.6 Å². The molecule has 9 nitrogen and oxygen atoms in total. The highest BCUT2D eigenvalue weighted by atomic mass is 19.1. The molecule has 154 valence electrons. The molecule has 3 rings (SSSR count). The van der Waals surface area contributed by atoms with Crippen molar-refractivity contribution < 1.29 is 18.9 Å². The highest BCUT2D eigenvalue weighted by Crippen LogP contribution is 2.22. The molecule has 0 aliphatic heterocycles. The molecular weight excluding hydrogens is 393 g/mol. The summed E-state index contributed by atoms with van der Waals surface area (Å²) < 4.78 is 14.5. The number of aryl methyl sites for hydroxylation is 1. The fourth-order valence-electron chi connectivity index (χ4n) is 2.89. The van der Waals surface area contributed by atoms with Crippen molar-refractivity contribution in [3.8, 4) is 0 Å². The number of benzene rings is 2. The average Bonchev–Trinajstić information content (AvgIpc) is 2.99. The molecule has 0 saturated carbocycles. The van der Waals surface area contributed by atoms with Crippen molar-refractivity contribution in [1.82, 2.24) is 9.78 Å². The minimum atomic E-state index is -0.735. The third kappa shape index (κ3) is 4.49. The Labute approximate surface area is 170 Å². The fourth-order valence-corrected chi connectivity index (χ4v) is 2.89. The van der Waals surface area contributed by atoms with E-state index in [4.69, 9.17) is 10.6 Å². The van der Waals surface area contributed by atoms with Gasteiger partial charge in [-0.1, -0.05) is 17.3 Å². The van der Waals surface area contributed by atoms with Gasteiger partial charge in [-0.05, 0) is 55.8 Å². The predicted molar refractivity (Wildman–Crippen MR) is 106 cm³/mol. The lowest BCUT2D eigenvalue weighted by Gasteiger charge is -2.06. The minimum absolute atomic E-state index is 0.0313. The first-order chi connectivity index (χ1) is 14.3. The molecule has 0 amide bonds. The molecule has 0 unspecified atom stereocenters. The first-order valence-electron chi connectivity index (χ1n) is 8.84. The second-order valence-corrected chi connectivity index (χ2v) is 6.50. The number of oxime groups is 1. The van der Waals surface area contributed by atoms with E-state index in [0.717, 1.165) is 0 Å². The molecule has 0 saturated heterocycles. The van der Waals surface area contributed by atoms with Gasteiger partial charge in [0.2, 0.25) is 0 Å². The number of halogens is 1. The topological polar surface area (TPSA) is 126 Å². The largest absolute Gasteiger partial charge is 0.380 e. The van der Waals surface area contributed by atoms with Gasteiger partial charge in [-0.2, -0.15) is 5.10 Å². The number of carbonyl (C=O) groups excluding carboxylic acids is 1. The van der Waals surface area contributed by atoms with Gasteiger partial charge in [0, 0.05) is 5.56 Å². The van der Waals surface area contributed by atoms with Crippen LogP contribution in [0.4, 0.5) is 10.1 Å². The molecule has 30 heavy (non-hydrogen) atoms. The van der Waals surface area contributed by atoms with Crippen molar-refractivity contribution in [2.75, 3.05) is 0 Å². The standard InChI is InChI=1S/C20H18FN5O4/c1-12-18(26(28)29)13(2)25(23-12)11-14-4-3-5-16(10-14)20(27)30-24-19(22)15-6-8-17(21)9-7-15/h3-10H,11H2,1-2H3,(H2,22,24). The van der Waals surface area contributed by atoms with E-state index in [1.54, 1.807) is 38.1 Å². The van der Waals surface area contributed by atoms with Crippen LogP contribution in [0, 0.1) is 29.8 Å². The van der Waals surface area contributed by atoms with Crippen molar-refractivity contribution in [1.29, 1.82) is 0 Å². The van der Waals surface area contributed by atoms with Crippen LogP contribution in [-0.4, -0.2) is 26.5 Å². The lowest BCUT2D eigenvalue weighted by Crippen LogP contribution is -2.15. The zero-order chi connectivity index (χ0) is 21.8. The molecule has 0 aliphatic rings. The van der Waals surface area contributed by atoms with Gasteiger partial charge >= 0.3 is 11.7 Å². The third-order valence-corrected chi connectivity index (χ3v) is 4.39. The van der Waals surface area contributed by atoms with Crippen LogP contribution in [-0.2, 0) is 11.4 Å². The van der Waals surface area contributed by atoms with Gasteiger partial charge in [-0.25, -0.2) is 9.18 Å². The summed E-state index contributed by atoms with van der Waals surface area (Å²) in [5, 5.41) is 18.9. The Morgan fingerprint density at radius 2 is 1.93 bits per heavy atom. The number of amidine groups is 1. The minimum Gasteiger partial charge on any atom is -0.380 e. The van der Waals surface area contributed by atoms with Crippen LogP contribution in [0.1, 0.15) is 32.9 Å². The highest BCUT2D eigenvalue weighted by Gasteiger charge is 2.21. The van der Waals surface area contributed by atoms with Gasteiger partial charge < -0.3 is 10.6 Å². The number of hydrogen-bond acceptors (Lipinski definition) is 6. The van der Waals surface area contributed by atoms with Crippen LogP contribution < -0.4 is 5.73 Å². The van der Waals surface area contributed by atoms with Crippen LogP contribution in [0.15, 0.2) is 53.7 Å². The van der Waals surface area contributed by atoms with E-state index >= 15 is 0 Å². The molecule has 1 aromatic heterocycles. The van der Waals surface area contributed by atoms with E-state index in [0.29, 0.717) is 22.5 Å². The average molecular weight is 411 g/mol. The van der Waals surface area contributed by atoms with E-state index < -0.39 is 16.7 Å². The second kappa shape index (κ2) is 8.52. The lowest BCUT2D eigenvalue weighted by atomic mass is 10.1. The Bertz CT molecular complexity index is 1140. The SMILES string of the molecule is Cc1nn(Cc2cccc(C(=O)O/N=C(\N)c3ccc(F)cc3)c2)c(C)c1[N+](=O)[O-]. The summed E-state index contributed by atoms with van der Waals surface area (Å²) in [5.74, 6) is -1.23. The van der Waals surface area contributed by atoms with E-state index in [2.05, 4.69) is 10.3 Å². The number of nitrogens with zero attached hydrogens (tertiary/aromatic N) is 4. The van der Waals surface area contributed by atoms with E-state index in [1.807, 2.05) is 0 Å². The molecule has 2 N–H and O–H groups in total. The Kier molecular flexibility index (Phi) is 5.86. The number of nitro groups is 1. The highest BCUT2D eigenvalue weighted by molar-refractivity contribution is 5.98. The molecule has 0 bridgehead atoms. The fraction of sp³-hybridized carbons (Fsp3) is 0.150. The molecule has 0 aliphatic carbocycles.